The van der Waals surface area contributed by atoms with E-state index in [0.29, 0.717) is 16.7 Å². The average molecular weight is 478 g/mol. The molecule has 0 unspecified atom stereocenters. The highest BCUT2D eigenvalue weighted by Gasteiger charge is 2.16. The quantitative estimate of drug-likeness (QED) is 0.310. The van der Waals surface area contributed by atoms with Gasteiger partial charge in [0.25, 0.3) is 0 Å². The van der Waals surface area contributed by atoms with E-state index in [9.17, 15) is 4.79 Å². The van der Waals surface area contributed by atoms with Gasteiger partial charge in [0, 0.05) is 22.1 Å². The van der Waals surface area contributed by atoms with Gasteiger partial charge in [0.1, 0.15) is 0 Å². The molecule has 1 aromatic heterocycles. The third kappa shape index (κ3) is 5.56. The molecule has 1 amide bonds. The number of hydrogen-bond acceptors (Lipinski definition) is 5. The van der Waals surface area contributed by atoms with E-state index in [1.165, 1.54) is 11.8 Å². The van der Waals surface area contributed by atoms with Crippen LogP contribution in [0.25, 0.3) is 5.69 Å². The molecule has 6 nitrogen and oxygen atoms in total. The second kappa shape index (κ2) is 10.6. The van der Waals surface area contributed by atoms with E-state index >= 15 is 0 Å². The van der Waals surface area contributed by atoms with Crippen LogP contribution in [-0.4, -0.2) is 26.4 Å². The highest BCUT2D eigenvalue weighted by molar-refractivity contribution is 7.99. The van der Waals surface area contributed by atoms with Crippen LogP contribution in [0.3, 0.4) is 0 Å². The summed E-state index contributed by atoms with van der Waals surface area (Å²) in [6, 6.07) is 23.4. The number of carbonyl (C=O) groups excluding carboxylic acids is 1. The molecular formula is C25H24ClN5OS. The van der Waals surface area contributed by atoms with E-state index in [-0.39, 0.29) is 11.7 Å². The van der Waals surface area contributed by atoms with Gasteiger partial charge in [0.2, 0.25) is 5.91 Å². The smallest absolute Gasteiger partial charge is 0.234 e. The maximum atomic E-state index is 12.6. The standard InChI is InChI=1S/C25H24ClN5OS/c1-17-9-6-7-13-21(17)28-24(32)16-33-25-30-29-23(31(25)19-10-4-3-5-11-19)15-27-22-14-8-12-20(26)18(22)2/h3-14,27H,15-16H2,1-2H3,(H,28,32). The van der Waals surface area contributed by atoms with Crippen LogP contribution < -0.4 is 10.6 Å². The second-order valence-electron chi connectivity index (χ2n) is 7.49. The van der Waals surface area contributed by atoms with Gasteiger partial charge in [-0.3, -0.25) is 9.36 Å². The van der Waals surface area contributed by atoms with Crippen molar-refractivity contribution in [3.63, 3.8) is 0 Å². The summed E-state index contributed by atoms with van der Waals surface area (Å²) in [7, 11) is 0. The molecule has 4 aromatic rings. The van der Waals surface area contributed by atoms with Crippen LogP contribution in [0, 0.1) is 13.8 Å². The number of anilines is 2. The van der Waals surface area contributed by atoms with Gasteiger partial charge < -0.3 is 10.6 Å². The van der Waals surface area contributed by atoms with E-state index in [1.807, 2.05) is 91.2 Å². The first-order chi connectivity index (χ1) is 16.0. The van der Waals surface area contributed by atoms with Crippen molar-refractivity contribution in [3.05, 3.63) is 94.8 Å². The van der Waals surface area contributed by atoms with Crippen LogP contribution in [0.1, 0.15) is 17.0 Å². The third-order valence-corrected chi connectivity index (χ3v) is 6.51. The van der Waals surface area contributed by atoms with Crippen LogP contribution in [0.15, 0.2) is 78.0 Å². The summed E-state index contributed by atoms with van der Waals surface area (Å²) in [5.41, 5.74) is 4.69. The molecular weight excluding hydrogens is 454 g/mol. The Morgan fingerprint density at radius 2 is 1.67 bits per heavy atom. The zero-order valence-electron chi connectivity index (χ0n) is 18.4. The lowest BCUT2D eigenvalue weighted by Crippen LogP contribution is -2.15. The maximum absolute atomic E-state index is 12.6. The van der Waals surface area contributed by atoms with Crippen molar-refractivity contribution in [1.82, 2.24) is 14.8 Å². The number of amides is 1. The van der Waals surface area contributed by atoms with Gasteiger partial charge >= 0.3 is 0 Å². The number of para-hydroxylation sites is 2. The van der Waals surface area contributed by atoms with Crippen LogP contribution in [-0.2, 0) is 11.3 Å². The van der Waals surface area contributed by atoms with Crippen molar-refractivity contribution in [2.24, 2.45) is 0 Å². The van der Waals surface area contributed by atoms with Crippen molar-refractivity contribution in [1.29, 1.82) is 0 Å². The van der Waals surface area contributed by atoms with E-state index < -0.39 is 0 Å². The molecule has 0 aliphatic heterocycles. The van der Waals surface area contributed by atoms with E-state index in [4.69, 9.17) is 11.6 Å². The van der Waals surface area contributed by atoms with Crippen molar-refractivity contribution < 1.29 is 4.79 Å². The SMILES string of the molecule is Cc1ccccc1NC(=O)CSc1nnc(CNc2cccc(Cl)c2C)n1-c1ccccc1. The number of carbonyl (C=O) groups is 1. The summed E-state index contributed by atoms with van der Waals surface area (Å²) in [4.78, 5) is 12.6. The number of nitrogens with one attached hydrogen (secondary N) is 2. The van der Waals surface area contributed by atoms with Gasteiger partial charge in [-0.2, -0.15) is 0 Å². The fourth-order valence-corrected chi connectivity index (χ4v) is 4.29. The van der Waals surface area contributed by atoms with Gasteiger partial charge in [-0.05, 0) is 55.3 Å². The molecule has 1 heterocycles. The Balaban J connectivity index is 1.52. The van der Waals surface area contributed by atoms with Crippen LogP contribution >= 0.6 is 23.4 Å². The Morgan fingerprint density at radius 3 is 2.45 bits per heavy atom. The van der Waals surface area contributed by atoms with Gasteiger partial charge in [-0.25, -0.2) is 0 Å². The number of benzene rings is 3. The van der Waals surface area contributed by atoms with Gasteiger partial charge in [0.15, 0.2) is 11.0 Å². The number of thioether (sulfide) groups is 1. The molecule has 8 heteroatoms. The van der Waals surface area contributed by atoms with Crippen LogP contribution in [0.4, 0.5) is 11.4 Å². The monoisotopic (exact) mass is 477 g/mol. The highest BCUT2D eigenvalue weighted by atomic mass is 35.5. The second-order valence-corrected chi connectivity index (χ2v) is 8.84. The van der Waals surface area contributed by atoms with E-state index in [0.717, 1.165) is 34.0 Å². The zero-order valence-corrected chi connectivity index (χ0v) is 20.0. The summed E-state index contributed by atoms with van der Waals surface area (Å²) < 4.78 is 1.97. The van der Waals surface area contributed by atoms with Gasteiger partial charge in [-0.1, -0.05) is 65.8 Å². The number of nitrogens with zero attached hydrogens (tertiary/aromatic N) is 3. The molecule has 0 saturated carbocycles. The normalized spacial score (nSPS) is 10.8. The Labute approximate surface area is 202 Å². The molecule has 0 bridgehead atoms. The number of rotatable bonds is 8. The largest absolute Gasteiger partial charge is 0.377 e. The topological polar surface area (TPSA) is 71.8 Å². The number of aryl methyl sites for hydroxylation is 1. The zero-order chi connectivity index (χ0) is 23.2. The Kier molecular flexibility index (Phi) is 7.32. The predicted molar refractivity (Wildman–Crippen MR) is 135 cm³/mol. The highest BCUT2D eigenvalue weighted by Crippen LogP contribution is 2.26. The average Bonchev–Trinajstić information content (AvgIpc) is 3.23. The lowest BCUT2D eigenvalue weighted by Gasteiger charge is -2.13. The summed E-state index contributed by atoms with van der Waals surface area (Å²) >= 11 is 7.60. The maximum Gasteiger partial charge on any atom is 0.234 e. The third-order valence-electron chi connectivity index (χ3n) is 5.17. The first-order valence-corrected chi connectivity index (χ1v) is 11.9. The number of hydrogen-bond donors (Lipinski definition) is 2. The lowest BCUT2D eigenvalue weighted by atomic mass is 10.2. The summed E-state index contributed by atoms with van der Waals surface area (Å²) in [6.45, 7) is 4.40. The molecule has 3 aromatic carbocycles. The summed E-state index contributed by atoms with van der Waals surface area (Å²) in [5.74, 6) is 0.869. The molecule has 0 saturated heterocycles. The molecule has 0 atom stereocenters. The summed E-state index contributed by atoms with van der Waals surface area (Å²) in [6.07, 6.45) is 0. The van der Waals surface area contributed by atoms with Crippen molar-refractivity contribution in [2.45, 2.75) is 25.5 Å². The van der Waals surface area contributed by atoms with Gasteiger partial charge in [0.05, 0.1) is 12.3 Å². The van der Waals surface area contributed by atoms with Gasteiger partial charge in [-0.15, -0.1) is 10.2 Å². The van der Waals surface area contributed by atoms with Crippen molar-refractivity contribution in [2.75, 3.05) is 16.4 Å². The fourth-order valence-electron chi connectivity index (χ4n) is 3.35. The molecule has 0 spiro atoms. The van der Waals surface area contributed by atoms with Crippen LogP contribution in [0.2, 0.25) is 5.02 Å². The Hall–Kier alpha value is -3.29. The Morgan fingerprint density at radius 1 is 0.939 bits per heavy atom. The van der Waals surface area contributed by atoms with E-state index in [1.54, 1.807) is 0 Å². The van der Waals surface area contributed by atoms with Crippen molar-refractivity contribution >= 4 is 40.6 Å². The molecule has 0 aliphatic rings. The molecule has 0 aliphatic carbocycles. The fraction of sp³-hybridized carbons (Fsp3) is 0.160. The molecule has 0 radical (unpaired) electrons. The summed E-state index contributed by atoms with van der Waals surface area (Å²) in [5, 5.41) is 16.5. The van der Waals surface area contributed by atoms with Crippen molar-refractivity contribution in [3.8, 4) is 5.69 Å². The Bertz CT molecular complexity index is 1260. The first-order valence-electron chi connectivity index (χ1n) is 10.5. The minimum atomic E-state index is -0.0915. The molecule has 33 heavy (non-hydrogen) atoms. The predicted octanol–water partition coefficient (Wildman–Crippen LogP) is 5.88. The molecule has 168 valence electrons. The number of halogens is 1. The molecule has 2 N–H and O–H groups in total. The minimum Gasteiger partial charge on any atom is -0.377 e. The lowest BCUT2D eigenvalue weighted by molar-refractivity contribution is -0.113. The van der Waals surface area contributed by atoms with Crippen LogP contribution in [0.5, 0.6) is 0 Å². The molecule has 0 fully saturated rings. The molecule has 4 rings (SSSR count). The van der Waals surface area contributed by atoms with E-state index in [2.05, 4.69) is 20.8 Å². The number of aromatic nitrogens is 3. The minimum absolute atomic E-state index is 0.0915. The first kappa shape index (κ1) is 22.9.